The van der Waals surface area contributed by atoms with Gasteiger partial charge in [0.2, 0.25) is 0 Å². The maximum absolute atomic E-state index is 5.51. The quantitative estimate of drug-likeness (QED) is 0.628. The van der Waals surface area contributed by atoms with Crippen molar-refractivity contribution in [2.75, 3.05) is 0 Å². The fourth-order valence-electron chi connectivity index (χ4n) is 0.874. The summed E-state index contributed by atoms with van der Waals surface area (Å²) in [6, 6.07) is 8.74. The van der Waals surface area contributed by atoms with E-state index in [0.717, 1.165) is 11.3 Å². The lowest BCUT2D eigenvalue weighted by Crippen LogP contribution is -2.06. The first-order valence-electron chi connectivity index (χ1n) is 3.83. The van der Waals surface area contributed by atoms with Gasteiger partial charge in [0, 0.05) is 0 Å². The Balaban J connectivity index is 2.78. The minimum atomic E-state index is 0.240. The number of ether oxygens (including phenoxy) is 1. The van der Waals surface area contributed by atoms with Crippen molar-refractivity contribution in [3.8, 4) is 5.75 Å². The van der Waals surface area contributed by atoms with Gasteiger partial charge in [0.15, 0.2) is 0 Å². The van der Waals surface area contributed by atoms with E-state index in [0.29, 0.717) is 0 Å². The van der Waals surface area contributed by atoms with Crippen molar-refractivity contribution >= 4 is 0 Å². The third-order valence-corrected chi connectivity index (χ3v) is 1.40. The molecule has 0 spiro atoms. The molecule has 0 aromatic heterocycles. The van der Waals surface area contributed by atoms with Gasteiger partial charge in [-0.1, -0.05) is 12.1 Å². The molecular weight excluding hydrogens is 136 g/mol. The second-order valence-corrected chi connectivity index (χ2v) is 2.86. The second-order valence-electron chi connectivity index (χ2n) is 2.86. The summed E-state index contributed by atoms with van der Waals surface area (Å²) in [5.41, 5.74) is 1.16. The molecule has 0 amide bonds. The average molecular weight is 149 g/mol. The summed E-state index contributed by atoms with van der Waals surface area (Å²) < 4.78 is 5.51. The highest BCUT2D eigenvalue weighted by atomic mass is 16.5. The zero-order valence-corrected chi connectivity index (χ0v) is 7.22. The largest absolute Gasteiger partial charge is 0.491 e. The molecule has 0 atom stereocenters. The number of aryl methyl sites for hydroxylation is 1. The molecule has 0 unspecified atom stereocenters. The molecule has 1 aromatic rings. The first-order valence-corrected chi connectivity index (χ1v) is 3.83. The fraction of sp³-hybridized carbons (Fsp3) is 0.400. The van der Waals surface area contributed by atoms with Gasteiger partial charge in [-0.3, -0.25) is 0 Å². The lowest BCUT2D eigenvalue weighted by molar-refractivity contribution is 0.241. The van der Waals surface area contributed by atoms with Crippen LogP contribution < -0.4 is 4.74 Å². The van der Waals surface area contributed by atoms with Crippen molar-refractivity contribution in [2.45, 2.75) is 26.9 Å². The van der Waals surface area contributed by atoms with Crippen molar-refractivity contribution in [3.05, 3.63) is 29.8 Å². The molecule has 0 bridgehead atoms. The van der Waals surface area contributed by atoms with Crippen LogP contribution in [-0.2, 0) is 0 Å². The zero-order chi connectivity index (χ0) is 8.27. The lowest BCUT2D eigenvalue weighted by Gasteiger charge is -2.11. The van der Waals surface area contributed by atoms with Gasteiger partial charge in [-0.25, -0.2) is 0 Å². The van der Waals surface area contributed by atoms with Crippen LogP contribution in [0.4, 0.5) is 0 Å². The van der Waals surface area contributed by atoms with Gasteiger partial charge >= 0.3 is 0 Å². The van der Waals surface area contributed by atoms with E-state index in [1.54, 1.807) is 0 Å². The SMILES string of the molecule is Cc1cc[c]cc1OC(C)C. The lowest BCUT2D eigenvalue weighted by atomic mass is 10.2. The maximum Gasteiger partial charge on any atom is 0.123 e. The number of benzene rings is 1. The smallest absolute Gasteiger partial charge is 0.123 e. The van der Waals surface area contributed by atoms with Gasteiger partial charge in [0.1, 0.15) is 5.75 Å². The van der Waals surface area contributed by atoms with E-state index in [-0.39, 0.29) is 6.10 Å². The molecule has 11 heavy (non-hydrogen) atoms. The van der Waals surface area contributed by atoms with Crippen molar-refractivity contribution in [1.29, 1.82) is 0 Å². The molecule has 0 saturated heterocycles. The average Bonchev–Trinajstić information content (AvgIpc) is 1.93. The zero-order valence-electron chi connectivity index (χ0n) is 7.22. The molecule has 0 aliphatic rings. The Labute approximate surface area is 68.0 Å². The van der Waals surface area contributed by atoms with Gasteiger partial charge < -0.3 is 4.74 Å². The van der Waals surface area contributed by atoms with E-state index in [4.69, 9.17) is 4.74 Å². The highest BCUT2D eigenvalue weighted by Crippen LogP contribution is 2.16. The molecule has 1 nitrogen and oxygen atoms in total. The van der Waals surface area contributed by atoms with Crippen LogP contribution in [0, 0.1) is 13.0 Å². The molecular formula is C10H13O. The molecule has 59 valence electrons. The Hall–Kier alpha value is -0.980. The van der Waals surface area contributed by atoms with E-state index in [1.807, 2.05) is 39.0 Å². The van der Waals surface area contributed by atoms with Crippen LogP contribution in [0.1, 0.15) is 19.4 Å². The van der Waals surface area contributed by atoms with Gasteiger partial charge in [-0.05, 0) is 38.5 Å². The van der Waals surface area contributed by atoms with Crippen LogP contribution in [0.5, 0.6) is 5.75 Å². The van der Waals surface area contributed by atoms with E-state index < -0.39 is 0 Å². The molecule has 0 N–H and O–H groups in total. The van der Waals surface area contributed by atoms with Crippen LogP contribution in [-0.4, -0.2) is 6.10 Å². The van der Waals surface area contributed by atoms with Gasteiger partial charge in [-0.15, -0.1) is 0 Å². The monoisotopic (exact) mass is 149 g/mol. The molecule has 0 saturated carbocycles. The van der Waals surface area contributed by atoms with E-state index >= 15 is 0 Å². The summed E-state index contributed by atoms with van der Waals surface area (Å²) in [5, 5.41) is 0. The predicted molar refractivity (Wildman–Crippen MR) is 45.8 cm³/mol. The van der Waals surface area contributed by atoms with Crippen LogP contribution in [0.2, 0.25) is 0 Å². The third kappa shape index (κ3) is 2.26. The number of hydrogen-bond acceptors (Lipinski definition) is 1. The molecule has 1 heteroatoms. The third-order valence-electron chi connectivity index (χ3n) is 1.40. The Morgan fingerprint density at radius 3 is 2.73 bits per heavy atom. The molecule has 0 fully saturated rings. The Kier molecular flexibility index (Phi) is 2.53. The van der Waals surface area contributed by atoms with Crippen LogP contribution in [0.15, 0.2) is 18.2 Å². The molecule has 0 heterocycles. The van der Waals surface area contributed by atoms with Gasteiger partial charge in [0.05, 0.1) is 6.10 Å². The Morgan fingerprint density at radius 2 is 2.18 bits per heavy atom. The first-order chi connectivity index (χ1) is 5.20. The number of rotatable bonds is 2. The van der Waals surface area contributed by atoms with E-state index in [9.17, 15) is 0 Å². The first kappa shape index (κ1) is 8.12. The second kappa shape index (κ2) is 3.42. The Morgan fingerprint density at radius 1 is 1.45 bits per heavy atom. The molecule has 0 aliphatic heterocycles. The highest BCUT2D eigenvalue weighted by Gasteiger charge is 1.98. The molecule has 1 radical (unpaired) electrons. The predicted octanol–water partition coefficient (Wildman–Crippen LogP) is 2.58. The summed E-state index contributed by atoms with van der Waals surface area (Å²) in [4.78, 5) is 0. The number of hydrogen-bond donors (Lipinski definition) is 0. The summed E-state index contributed by atoms with van der Waals surface area (Å²) >= 11 is 0. The van der Waals surface area contributed by atoms with Crippen LogP contribution in [0.3, 0.4) is 0 Å². The standard InChI is InChI=1S/C10H13O/c1-8(2)11-10-7-5-4-6-9(10)3/h4,6-8H,1-3H3. The summed E-state index contributed by atoms with van der Waals surface area (Å²) in [7, 11) is 0. The summed E-state index contributed by atoms with van der Waals surface area (Å²) in [5.74, 6) is 0.933. The topological polar surface area (TPSA) is 9.23 Å². The normalized spacial score (nSPS) is 10.2. The maximum atomic E-state index is 5.51. The molecule has 1 aromatic carbocycles. The van der Waals surface area contributed by atoms with Crippen molar-refractivity contribution < 1.29 is 4.74 Å². The minimum Gasteiger partial charge on any atom is -0.491 e. The summed E-state index contributed by atoms with van der Waals surface area (Å²) in [6.07, 6.45) is 0.240. The van der Waals surface area contributed by atoms with Crippen molar-refractivity contribution in [2.24, 2.45) is 0 Å². The van der Waals surface area contributed by atoms with Gasteiger partial charge in [0.25, 0.3) is 0 Å². The van der Waals surface area contributed by atoms with E-state index in [1.165, 1.54) is 0 Å². The van der Waals surface area contributed by atoms with Crippen molar-refractivity contribution in [3.63, 3.8) is 0 Å². The molecule has 1 rings (SSSR count). The Bertz CT molecular complexity index is 228. The van der Waals surface area contributed by atoms with Crippen LogP contribution >= 0.6 is 0 Å². The summed E-state index contributed by atoms with van der Waals surface area (Å²) in [6.45, 7) is 6.07. The van der Waals surface area contributed by atoms with Crippen LogP contribution in [0.25, 0.3) is 0 Å². The van der Waals surface area contributed by atoms with Gasteiger partial charge in [-0.2, -0.15) is 0 Å². The highest BCUT2D eigenvalue weighted by molar-refractivity contribution is 5.31. The fourth-order valence-corrected chi connectivity index (χ4v) is 0.874. The van der Waals surface area contributed by atoms with E-state index in [2.05, 4.69) is 6.07 Å². The minimum absolute atomic E-state index is 0.240. The van der Waals surface area contributed by atoms with Crippen molar-refractivity contribution in [1.82, 2.24) is 0 Å². The molecule has 0 aliphatic carbocycles.